The Labute approximate surface area is 143 Å². The van der Waals surface area contributed by atoms with Crippen molar-refractivity contribution in [3.63, 3.8) is 0 Å². The Morgan fingerprint density at radius 3 is 2.46 bits per heavy atom. The summed E-state index contributed by atoms with van der Waals surface area (Å²) < 4.78 is 43.8. The monoisotopic (exact) mass is 365 g/mol. The van der Waals surface area contributed by atoms with Crippen molar-refractivity contribution in [2.24, 2.45) is 0 Å². The van der Waals surface area contributed by atoms with Gasteiger partial charge in [0.1, 0.15) is 0 Å². The van der Waals surface area contributed by atoms with Crippen LogP contribution in [0.15, 0.2) is 53.1 Å². The summed E-state index contributed by atoms with van der Waals surface area (Å²) in [4.78, 5) is 13.8. The van der Waals surface area contributed by atoms with E-state index in [2.05, 4.69) is 10.1 Å². The molecule has 0 spiro atoms. The third kappa shape index (κ3) is 3.54. The van der Waals surface area contributed by atoms with Gasteiger partial charge >= 0.3 is 6.18 Å². The number of hydrogen-bond donors (Lipinski definition) is 1. The molecule has 10 heteroatoms. The number of rotatable bonds is 4. The molecular weight excluding hydrogens is 355 g/mol. The molecule has 0 aliphatic carbocycles. The van der Waals surface area contributed by atoms with E-state index in [1.807, 2.05) is 0 Å². The Morgan fingerprint density at radius 1 is 1.15 bits per heavy atom. The maximum atomic E-state index is 13.0. The lowest BCUT2D eigenvalue weighted by Gasteiger charge is -2.07. The minimum Gasteiger partial charge on any atom is -0.378 e. The van der Waals surface area contributed by atoms with Gasteiger partial charge in [-0.05, 0) is 11.6 Å². The number of halogens is 3. The van der Waals surface area contributed by atoms with Gasteiger partial charge in [0, 0.05) is 17.7 Å². The van der Waals surface area contributed by atoms with Crippen molar-refractivity contribution in [3.8, 4) is 11.4 Å². The first-order valence-corrected chi connectivity index (χ1v) is 7.19. The largest absolute Gasteiger partial charge is 0.416 e. The number of aromatic nitrogens is 2. The number of hydrogen-bond acceptors (Lipinski definition) is 6. The Hall–Kier alpha value is -3.27. The summed E-state index contributed by atoms with van der Waals surface area (Å²) >= 11 is 0. The first kappa shape index (κ1) is 17.5. The highest BCUT2D eigenvalue weighted by molar-refractivity contribution is 5.61. The molecule has 0 bridgehead atoms. The van der Waals surface area contributed by atoms with Crippen molar-refractivity contribution in [1.82, 2.24) is 10.1 Å². The lowest BCUT2D eigenvalue weighted by Crippen LogP contribution is -2.06. The number of alkyl halides is 3. The topological polar surface area (TPSA) is 102 Å². The molecule has 0 fully saturated rings. The second-order valence-corrected chi connectivity index (χ2v) is 5.29. The maximum absolute atomic E-state index is 13.0. The fourth-order valence-electron chi connectivity index (χ4n) is 2.25. The van der Waals surface area contributed by atoms with Crippen molar-refractivity contribution in [1.29, 1.82) is 0 Å². The van der Waals surface area contributed by atoms with Crippen LogP contribution < -0.4 is 0 Å². The second kappa shape index (κ2) is 6.56. The predicted molar refractivity (Wildman–Crippen MR) is 81.9 cm³/mol. The minimum absolute atomic E-state index is 0.244. The fourth-order valence-corrected chi connectivity index (χ4v) is 2.25. The zero-order chi connectivity index (χ0) is 18.9. The second-order valence-electron chi connectivity index (χ2n) is 5.29. The molecule has 1 aromatic heterocycles. The van der Waals surface area contributed by atoms with Gasteiger partial charge in [0.2, 0.25) is 5.82 Å². The molecular formula is C16H10F3N3O4. The molecule has 1 unspecified atom stereocenters. The SMILES string of the molecule is O=[N+]([O-])c1cc(-c2noc(C(O)c3ccccc3)n2)cc(C(F)(F)F)c1. The van der Waals surface area contributed by atoms with Crippen LogP contribution in [0.5, 0.6) is 0 Å². The number of benzene rings is 2. The van der Waals surface area contributed by atoms with Gasteiger partial charge in [-0.2, -0.15) is 18.2 Å². The molecule has 1 N–H and O–H groups in total. The van der Waals surface area contributed by atoms with Crippen LogP contribution in [0.25, 0.3) is 11.4 Å². The molecule has 0 saturated heterocycles. The molecule has 2 aromatic carbocycles. The van der Waals surface area contributed by atoms with Crippen molar-refractivity contribution in [3.05, 3.63) is 75.7 Å². The maximum Gasteiger partial charge on any atom is 0.416 e. The lowest BCUT2D eigenvalue weighted by molar-refractivity contribution is -0.385. The first-order chi connectivity index (χ1) is 12.3. The fraction of sp³-hybridized carbons (Fsp3) is 0.125. The summed E-state index contributed by atoms with van der Waals surface area (Å²) in [5.74, 6) is -0.546. The average molecular weight is 365 g/mol. The van der Waals surface area contributed by atoms with Crippen LogP contribution >= 0.6 is 0 Å². The Balaban J connectivity index is 2.01. The molecule has 1 atom stereocenters. The third-order valence-electron chi connectivity index (χ3n) is 3.51. The van der Waals surface area contributed by atoms with Crippen LogP contribution in [0.2, 0.25) is 0 Å². The van der Waals surface area contributed by atoms with Crippen LogP contribution in [0.3, 0.4) is 0 Å². The van der Waals surface area contributed by atoms with E-state index < -0.39 is 28.5 Å². The van der Waals surface area contributed by atoms with Crippen molar-refractivity contribution < 1.29 is 27.7 Å². The molecule has 0 amide bonds. The molecule has 0 aliphatic heterocycles. The number of nitrogens with zero attached hydrogens (tertiary/aromatic N) is 3. The van der Waals surface area contributed by atoms with E-state index in [-0.39, 0.29) is 17.3 Å². The van der Waals surface area contributed by atoms with Gasteiger partial charge in [-0.25, -0.2) is 0 Å². The van der Waals surface area contributed by atoms with Crippen LogP contribution in [0.1, 0.15) is 23.1 Å². The average Bonchev–Trinajstić information content (AvgIpc) is 3.11. The predicted octanol–water partition coefficient (Wildman–Crippen LogP) is 3.75. The molecule has 0 saturated carbocycles. The number of nitro groups is 1. The summed E-state index contributed by atoms with van der Waals surface area (Å²) in [6, 6.07) is 10.3. The summed E-state index contributed by atoms with van der Waals surface area (Å²) in [6.45, 7) is 0. The van der Waals surface area contributed by atoms with E-state index in [1.54, 1.807) is 30.3 Å². The van der Waals surface area contributed by atoms with Crippen LogP contribution in [0.4, 0.5) is 18.9 Å². The smallest absolute Gasteiger partial charge is 0.378 e. The highest BCUT2D eigenvalue weighted by Crippen LogP contribution is 2.35. The molecule has 3 aromatic rings. The van der Waals surface area contributed by atoms with E-state index in [0.29, 0.717) is 17.7 Å². The van der Waals surface area contributed by atoms with Gasteiger partial charge in [-0.3, -0.25) is 10.1 Å². The van der Waals surface area contributed by atoms with Gasteiger partial charge in [0.15, 0.2) is 6.10 Å². The van der Waals surface area contributed by atoms with E-state index in [9.17, 15) is 28.4 Å². The number of non-ortho nitro benzene ring substituents is 1. The number of nitro benzene ring substituents is 1. The van der Waals surface area contributed by atoms with Gasteiger partial charge < -0.3 is 9.63 Å². The lowest BCUT2D eigenvalue weighted by atomic mass is 10.1. The standard InChI is InChI=1S/C16H10F3N3O4/c17-16(18,19)11-6-10(7-12(8-11)22(24)25)14-20-15(26-21-14)13(23)9-4-2-1-3-5-9/h1-8,13,23H. The van der Waals surface area contributed by atoms with Crippen LogP contribution in [0, 0.1) is 10.1 Å². The summed E-state index contributed by atoms with van der Waals surface area (Å²) in [5.41, 5.74) is -1.78. The minimum atomic E-state index is -4.78. The first-order valence-electron chi connectivity index (χ1n) is 7.19. The molecule has 3 rings (SSSR count). The van der Waals surface area contributed by atoms with Crippen molar-refractivity contribution in [2.45, 2.75) is 12.3 Å². The normalized spacial score (nSPS) is 12.8. The molecule has 134 valence electrons. The highest BCUT2D eigenvalue weighted by Gasteiger charge is 2.33. The zero-order valence-corrected chi connectivity index (χ0v) is 12.8. The summed E-state index contributed by atoms with van der Waals surface area (Å²) in [7, 11) is 0. The number of aliphatic hydroxyl groups is 1. The molecule has 26 heavy (non-hydrogen) atoms. The van der Waals surface area contributed by atoms with Gasteiger partial charge in [0.05, 0.1) is 10.5 Å². The molecule has 1 heterocycles. The molecule has 7 nitrogen and oxygen atoms in total. The van der Waals surface area contributed by atoms with Gasteiger partial charge in [-0.15, -0.1) is 0 Å². The summed E-state index contributed by atoms with van der Waals surface area (Å²) in [5, 5.41) is 24.6. The van der Waals surface area contributed by atoms with E-state index in [1.165, 1.54) is 0 Å². The van der Waals surface area contributed by atoms with Gasteiger partial charge in [0.25, 0.3) is 11.6 Å². The Kier molecular flexibility index (Phi) is 4.43. The molecule has 0 aliphatic rings. The Bertz CT molecular complexity index is 941. The Morgan fingerprint density at radius 2 is 1.85 bits per heavy atom. The van der Waals surface area contributed by atoms with Crippen LogP contribution in [-0.4, -0.2) is 20.2 Å². The molecule has 0 radical (unpaired) electrons. The van der Waals surface area contributed by atoms with Crippen molar-refractivity contribution >= 4 is 5.69 Å². The number of aliphatic hydroxyl groups excluding tert-OH is 1. The van der Waals surface area contributed by atoms with Crippen molar-refractivity contribution in [2.75, 3.05) is 0 Å². The zero-order valence-electron chi connectivity index (χ0n) is 12.8. The van der Waals surface area contributed by atoms with E-state index in [4.69, 9.17) is 4.52 Å². The van der Waals surface area contributed by atoms with E-state index in [0.717, 1.165) is 6.07 Å². The van der Waals surface area contributed by atoms with Crippen LogP contribution in [-0.2, 0) is 6.18 Å². The van der Waals surface area contributed by atoms with E-state index >= 15 is 0 Å². The third-order valence-corrected chi connectivity index (χ3v) is 3.51. The summed E-state index contributed by atoms with van der Waals surface area (Å²) in [6.07, 6.45) is -6.06. The van der Waals surface area contributed by atoms with Gasteiger partial charge in [-0.1, -0.05) is 35.5 Å². The highest BCUT2D eigenvalue weighted by atomic mass is 19.4. The quantitative estimate of drug-likeness (QED) is 0.558.